The largest absolute Gasteiger partial charge is 0.351 e. The summed E-state index contributed by atoms with van der Waals surface area (Å²) in [6.07, 6.45) is 4.20. The first-order chi connectivity index (χ1) is 18.8. The first kappa shape index (κ1) is 26.3. The van der Waals surface area contributed by atoms with Crippen LogP contribution < -0.4 is 16.0 Å². The summed E-state index contributed by atoms with van der Waals surface area (Å²) in [4.78, 5) is 28.3. The first-order valence-corrected chi connectivity index (χ1v) is 14.2. The van der Waals surface area contributed by atoms with Crippen molar-refractivity contribution in [2.75, 3.05) is 5.32 Å². The summed E-state index contributed by atoms with van der Waals surface area (Å²) in [7, 11) is 0. The normalized spacial score (nSPS) is 25.1. The van der Waals surface area contributed by atoms with Crippen molar-refractivity contribution in [2.24, 2.45) is 0 Å². The zero-order chi connectivity index (χ0) is 27.4. The average Bonchev–Trinajstić information content (AvgIpc) is 3.37. The highest BCUT2D eigenvalue weighted by atomic mass is 35.5. The van der Waals surface area contributed by atoms with Crippen LogP contribution in [0, 0.1) is 12.7 Å². The molecule has 0 aromatic heterocycles. The molecule has 0 bridgehead atoms. The lowest BCUT2D eigenvalue weighted by Crippen LogP contribution is -2.60. The molecule has 0 unspecified atom stereocenters. The molecule has 1 saturated heterocycles. The Bertz CT molecular complexity index is 1450. The molecule has 8 heteroatoms. The van der Waals surface area contributed by atoms with Gasteiger partial charge in [-0.15, -0.1) is 0 Å². The molecule has 5 nitrogen and oxygen atoms in total. The van der Waals surface area contributed by atoms with E-state index in [0.717, 1.165) is 36.0 Å². The summed E-state index contributed by atoms with van der Waals surface area (Å²) >= 11 is 12.6. The number of rotatable bonds is 4. The van der Waals surface area contributed by atoms with Gasteiger partial charge < -0.3 is 10.6 Å². The summed E-state index contributed by atoms with van der Waals surface area (Å²) < 4.78 is 15.9. The van der Waals surface area contributed by atoms with E-state index in [1.165, 1.54) is 6.07 Å². The first-order valence-electron chi connectivity index (χ1n) is 13.4. The molecular weight excluding hydrogens is 536 g/mol. The van der Waals surface area contributed by atoms with Crippen LogP contribution in [-0.2, 0) is 21.5 Å². The van der Waals surface area contributed by atoms with E-state index >= 15 is 4.39 Å². The van der Waals surface area contributed by atoms with E-state index in [9.17, 15) is 9.59 Å². The third kappa shape index (κ3) is 4.07. The minimum Gasteiger partial charge on any atom is -0.351 e. The summed E-state index contributed by atoms with van der Waals surface area (Å²) in [5.74, 6) is -1.97. The molecule has 0 radical (unpaired) electrons. The number of hydrogen-bond donors (Lipinski definition) is 3. The number of carbonyl (C=O) groups is 2. The lowest BCUT2D eigenvalue weighted by atomic mass is 9.55. The Morgan fingerprint density at radius 2 is 1.79 bits per heavy atom. The maximum Gasteiger partial charge on any atom is 0.238 e. The van der Waals surface area contributed by atoms with Crippen LogP contribution in [0.5, 0.6) is 0 Å². The molecule has 1 aliphatic carbocycles. The van der Waals surface area contributed by atoms with Crippen molar-refractivity contribution in [2.45, 2.75) is 68.5 Å². The molecular formula is C31H30Cl2FN3O2. The average molecular weight is 567 g/mol. The third-order valence-corrected chi connectivity index (χ3v) is 9.42. The lowest BCUT2D eigenvalue weighted by molar-refractivity contribution is -0.124. The van der Waals surface area contributed by atoms with Gasteiger partial charge in [0.2, 0.25) is 11.8 Å². The number of amides is 2. The topological polar surface area (TPSA) is 70.2 Å². The number of benzene rings is 3. The van der Waals surface area contributed by atoms with Gasteiger partial charge in [-0.2, -0.15) is 0 Å². The highest BCUT2D eigenvalue weighted by Crippen LogP contribution is 2.62. The minimum absolute atomic E-state index is 0.0409. The highest BCUT2D eigenvalue weighted by molar-refractivity contribution is 6.31. The van der Waals surface area contributed by atoms with E-state index in [1.54, 1.807) is 24.3 Å². The minimum atomic E-state index is -1.23. The van der Waals surface area contributed by atoms with Crippen LogP contribution in [0.4, 0.5) is 10.1 Å². The fourth-order valence-electron chi connectivity index (χ4n) is 7.22. The second-order valence-corrected chi connectivity index (χ2v) is 11.9. The highest BCUT2D eigenvalue weighted by Gasteiger charge is 2.72. The molecule has 2 aliphatic heterocycles. The van der Waals surface area contributed by atoms with Gasteiger partial charge in [-0.3, -0.25) is 14.9 Å². The molecule has 3 aromatic rings. The van der Waals surface area contributed by atoms with Gasteiger partial charge in [0.15, 0.2) is 0 Å². The number of fused-ring (bicyclic) bond motifs is 3. The third-order valence-electron chi connectivity index (χ3n) is 8.89. The van der Waals surface area contributed by atoms with Crippen molar-refractivity contribution >= 4 is 40.7 Å². The van der Waals surface area contributed by atoms with Gasteiger partial charge in [-0.05, 0) is 54.7 Å². The van der Waals surface area contributed by atoms with Gasteiger partial charge in [0.1, 0.15) is 11.2 Å². The predicted octanol–water partition coefficient (Wildman–Crippen LogP) is 6.41. The number of nitrogens with one attached hydrogen (secondary N) is 3. The molecule has 3 aliphatic rings. The fourth-order valence-corrected chi connectivity index (χ4v) is 7.58. The van der Waals surface area contributed by atoms with Crippen LogP contribution in [0.2, 0.25) is 10.0 Å². The van der Waals surface area contributed by atoms with Crippen LogP contribution in [0.1, 0.15) is 60.3 Å². The van der Waals surface area contributed by atoms with Gasteiger partial charge >= 0.3 is 0 Å². The molecule has 6 rings (SSSR count). The fraction of sp³-hybridized carbons (Fsp3) is 0.355. The number of anilines is 1. The summed E-state index contributed by atoms with van der Waals surface area (Å²) in [6.45, 7) is 2.33. The van der Waals surface area contributed by atoms with Gasteiger partial charge in [-0.1, -0.05) is 90.5 Å². The number of aryl methyl sites for hydroxylation is 1. The van der Waals surface area contributed by atoms with Crippen LogP contribution in [0.3, 0.4) is 0 Å². The Kier molecular flexibility index (Phi) is 6.69. The van der Waals surface area contributed by atoms with Crippen LogP contribution >= 0.6 is 23.2 Å². The molecule has 3 aromatic carbocycles. The quantitative estimate of drug-likeness (QED) is 0.342. The van der Waals surface area contributed by atoms with Crippen molar-refractivity contribution in [1.82, 2.24) is 10.6 Å². The van der Waals surface area contributed by atoms with Crippen LogP contribution in [-0.4, -0.2) is 23.4 Å². The molecule has 2 amide bonds. The number of hydrogen-bond acceptors (Lipinski definition) is 3. The van der Waals surface area contributed by atoms with Crippen molar-refractivity contribution in [3.05, 3.63) is 98.8 Å². The molecule has 3 N–H and O–H groups in total. The Morgan fingerprint density at radius 3 is 2.54 bits per heavy atom. The Morgan fingerprint density at radius 1 is 1.05 bits per heavy atom. The zero-order valence-electron chi connectivity index (χ0n) is 21.6. The Hall–Kier alpha value is -2.93. The monoisotopic (exact) mass is 565 g/mol. The van der Waals surface area contributed by atoms with Crippen LogP contribution in [0.25, 0.3) is 0 Å². The van der Waals surface area contributed by atoms with Crippen LogP contribution in [0.15, 0.2) is 60.7 Å². The van der Waals surface area contributed by atoms with E-state index in [2.05, 4.69) is 16.0 Å². The standard InChI is InChI=1S/C31H30Cl2FN3O2/c1-18-8-10-19(11-9-18)17-35-28(38)27-25(21-6-5-7-23(33)26(21)34)31(30(37-27)14-3-2-4-15-30)22-13-12-20(32)16-24(22)36-29(31)39/h5-13,16,25,27,37H,2-4,14-15,17H2,1H3,(H,35,38)(H,36,39)/t25-,27+,31+/m0/s1. The molecule has 39 heavy (non-hydrogen) atoms. The second-order valence-electron chi connectivity index (χ2n) is 11.0. The molecule has 2 spiro atoms. The smallest absolute Gasteiger partial charge is 0.238 e. The van der Waals surface area contributed by atoms with E-state index in [0.29, 0.717) is 30.1 Å². The second kappa shape index (κ2) is 9.92. The van der Waals surface area contributed by atoms with Crippen molar-refractivity contribution in [1.29, 1.82) is 0 Å². The molecule has 2 fully saturated rings. The van der Waals surface area contributed by atoms with E-state index in [-0.39, 0.29) is 22.4 Å². The van der Waals surface area contributed by atoms with Crippen molar-refractivity contribution in [3.63, 3.8) is 0 Å². The lowest BCUT2D eigenvalue weighted by Gasteiger charge is -2.47. The Labute approximate surface area is 237 Å². The number of halogens is 3. The summed E-state index contributed by atoms with van der Waals surface area (Å²) in [5.41, 5.74) is 1.71. The van der Waals surface area contributed by atoms with Gasteiger partial charge in [0.25, 0.3) is 0 Å². The zero-order valence-corrected chi connectivity index (χ0v) is 23.1. The molecule has 2 heterocycles. The maximum atomic E-state index is 15.9. The summed E-state index contributed by atoms with van der Waals surface area (Å²) in [5, 5.41) is 10.2. The Balaban J connectivity index is 1.52. The SMILES string of the molecule is Cc1ccc(CNC(=O)[C@@H]2NC3(CCCCC3)[C@@]3(C(=O)Nc4cc(Cl)ccc43)[C@H]2c2cccc(Cl)c2F)cc1. The van der Waals surface area contributed by atoms with E-state index < -0.39 is 28.7 Å². The van der Waals surface area contributed by atoms with Gasteiger partial charge in [-0.25, -0.2) is 4.39 Å². The molecule has 1 saturated carbocycles. The maximum absolute atomic E-state index is 15.9. The summed E-state index contributed by atoms with van der Waals surface area (Å²) in [6, 6.07) is 17.2. The number of carbonyl (C=O) groups excluding carboxylic acids is 2. The predicted molar refractivity (Wildman–Crippen MR) is 152 cm³/mol. The van der Waals surface area contributed by atoms with Gasteiger partial charge in [0.05, 0.1) is 11.1 Å². The van der Waals surface area contributed by atoms with Crippen molar-refractivity contribution in [3.8, 4) is 0 Å². The van der Waals surface area contributed by atoms with Crippen molar-refractivity contribution < 1.29 is 14.0 Å². The van der Waals surface area contributed by atoms with Gasteiger partial charge in [0, 0.05) is 28.7 Å². The molecule has 3 atom stereocenters. The van der Waals surface area contributed by atoms with E-state index in [1.807, 2.05) is 37.3 Å². The molecule has 202 valence electrons. The van der Waals surface area contributed by atoms with E-state index in [4.69, 9.17) is 23.2 Å².